The Morgan fingerprint density at radius 2 is 1.94 bits per heavy atom. The third-order valence-corrected chi connectivity index (χ3v) is 4.33. The average molecular weight is 252 g/mol. The molecule has 1 saturated carbocycles. The summed E-state index contributed by atoms with van der Waals surface area (Å²) in [6, 6.07) is 10.5. The van der Waals surface area contributed by atoms with Gasteiger partial charge in [-0.25, -0.2) is 4.21 Å². The Morgan fingerprint density at radius 1 is 1.24 bits per heavy atom. The summed E-state index contributed by atoms with van der Waals surface area (Å²) in [4.78, 5) is 0. The monoisotopic (exact) mass is 252 g/mol. The zero-order valence-corrected chi connectivity index (χ0v) is 11.1. The maximum Gasteiger partial charge on any atom is 0.155 e. The largest absolute Gasteiger partial charge is 0.287 e. The molecule has 1 aliphatic rings. The van der Waals surface area contributed by atoms with Crippen LogP contribution in [-0.4, -0.2) is 16.1 Å². The molecule has 3 heteroatoms. The molecule has 17 heavy (non-hydrogen) atoms. The fourth-order valence-electron chi connectivity index (χ4n) is 2.50. The number of hydrogen-bond acceptors (Lipinski definition) is 2. The predicted molar refractivity (Wildman–Crippen MR) is 71.2 cm³/mol. The van der Waals surface area contributed by atoms with Crippen molar-refractivity contribution in [3.63, 3.8) is 0 Å². The maximum absolute atomic E-state index is 11.5. The van der Waals surface area contributed by atoms with Crippen molar-refractivity contribution in [2.24, 2.45) is 0 Å². The van der Waals surface area contributed by atoms with E-state index in [9.17, 15) is 4.21 Å². The van der Waals surface area contributed by atoms with Gasteiger partial charge in [0.05, 0.1) is 6.10 Å². The van der Waals surface area contributed by atoms with Gasteiger partial charge < -0.3 is 0 Å². The number of hydrogen-bond donors (Lipinski definition) is 0. The molecule has 3 atom stereocenters. The van der Waals surface area contributed by atoms with Gasteiger partial charge >= 0.3 is 0 Å². The molecule has 2 rings (SSSR count). The predicted octanol–water partition coefficient (Wildman–Crippen LogP) is 3.41. The first-order chi connectivity index (χ1) is 8.31. The first-order valence-electron chi connectivity index (χ1n) is 6.41. The van der Waals surface area contributed by atoms with Gasteiger partial charge in [-0.1, -0.05) is 50.1 Å². The molecule has 0 heterocycles. The Morgan fingerprint density at radius 3 is 2.65 bits per heavy atom. The molecular weight excluding hydrogens is 232 g/mol. The quantitative estimate of drug-likeness (QED) is 0.821. The van der Waals surface area contributed by atoms with Crippen LogP contribution < -0.4 is 0 Å². The molecule has 0 aromatic heterocycles. The molecular formula is C14H20O2S. The van der Waals surface area contributed by atoms with Crippen LogP contribution in [0.1, 0.15) is 44.1 Å². The highest BCUT2D eigenvalue weighted by Crippen LogP contribution is 2.35. The highest BCUT2D eigenvalue weighted by molar-refractivity contribution is 7.80. The van der Waals surface area contributed by atoms with Crippen LogP contribution in [-0.2, 0) is 15.3 Å². The molecule has 0 unspecified atom stereocenters. The van der Waals surface area contributed by atoms with Gasteiger partial charge in [0.1, 0.15) is 0 Å². The Balaban J connectivity index is 2.09. The van der Waals surface area contributed by atoms with Gasteiger partial charge in [-0.05, 0) is 18.4 Å². The van der Waals surface area contributed by atoms with Crippen LogP contribution in [0.5, 0.6) is 0 Å². The lowest BCUT2D eigenvalue weighted by atomic mass is 9.82. The summed E-state index contributed by atoms with van der Waals surface area (Å²) < 4.78 is 17.2. The van der Waals surface area contributed by atoms with E-state index >= 15 is 0 Å². The van der Waals surface area contributed by atoms with Crippen LogP contribution >= 0.6 is 0 Å². The summed E-state index contributed by atoms with van der Waals surface area (Å²) in [7, 11) is 0. The van der Waals surface area contributed by atoms with Crippen LogP contribution in [0.15, 0.2) is 30.3 Å². The van der Waals surface area contributed by atoms with Crippen LogP contribution in [0.25, 0.3) is 0 Å². The molecule has 1 aromatic rings. The fourth-order valence-corrected chi connectivity index (χ4v) is 3.14. The van der Waals surface area contributed by atoms with Crippen LogP contribution in [0.4, 0.5) is 0 Å². The summed E-state index contributed by atoms with van der Waals surface area (Å²) in [5.41, 5.74) is 1.32. The molecule has 1 fully saturated rings. The minimum Gasteiger partial charge on any atom is -0.287 e. The highest BCUT2D eigenvalue weighted by atomic mass is 32.2. The minimum absolute atomic E-state index is 0.131. The van der Waals surface area contributed by atoms with E-state index in [1.54, 1.807) is 0 Å². The Labute approximate surface area is 106 Å². The van der Waals surface area contributed by atoms with E-state index in [-0.39, 0.29) is 6.10 Å². The van der Waals surface area contributed by atoms with E-state index in [1.165, 1.54) is 18.4 Å². The number of benzene rings is 1. The van der Waals surface area contributed by atoms with Crippen LogP contribution in [0, 0.1) is 0 Å². The van der Waals surface area contributed by atoms with Gasteiger partial charge in [0, 0.05) is 11.7 Å². The second-order valence-electron chi connectivity index (χ2n) is 4.53. The van der Waals surface area contributed by atoms with E-state index in [1.807, 2.05) is 13.0 Å². The van der Waals surface area contributed by atoms with Gasteiger partial charge in [-0.15, -0.1) is 0 Å². The van der Waals surface area contributed by atoms with E-state index in [4.69, 9.17) is 4.18 Å². The topological polar surface area (TPSA) is 26.3 Å². The SMILES string of the molecule is CC[S@@](=O)O[C@H]1CCCC[C@@H]1c1ccccc1. The lowest BCUT2D eigenvalue weighted by Crippen LogP contribution is -2.27. The van der Waals surface area contributed by atoms with Crippen molar-refractivity contribution < 1.29 is 8.39 Å². The second-order valence-corrected chi connectivity index (χ2v) is 5.91. The summed E-state index contributed by atoms with van der Waals surface area (Å²) in [5.74, 6) is 0.998. The van der Waals surface area contributed by atoms with E-state index in [2.05, 4.69) is 24.3 Å². The average Bonchev–Trinajstić information content (AvgIpc) is 2.40. The van der Waals surface area contributed by atoms with Crippen molar-refractivity contribution in [3.8, 4) is 0 Å². The van der Waals surface area contributed by atoms with Crippen LogP contribution in [0.2, 0.25) is 0 Å². The molecule has 0 bridgehead atoms. The first kappa shape index (κ1) is 12.8. The molecule has 0 radical (unpaired) electrons. The summed E-state index contributed by atoms with van der Waals surface area (Å²) in [5, 5.41) is 0. The summed E-state index contributed by atoms with van der Waals surface area (Å²) in [6.07, 6.45) is 4.75. The maximum atomic E-state index is 11.5. The van der Waals surface area contributed by atoms with Gasteiger partial charge in [-0.2, -0.15) is 0 Å². The zero-order chi connectivity index (χ0) is 12.1. The molecule has 1 aliphatic carbocycles. The lowest BCUT2D eigenvalue weighted by molar-refractivity contribution is 0.147. The molecule has 0 N–H and O–H groups in total. The molecule has 0 amide bonds. The normalized spacial score (nSPS) is 26.6. The summed E-state index contributed by atoms with van der Waals surface area (Å²) in [6.45, 7) is 1.90. The molecule has 94 valence electrons. The smallest absolute Gasteiger partial charge is 0.155 e. The van der Waals surface area contributed by atoms with Crippen molar-refractivity contribution in [1.82, 2.24) is 0 Å². The van der Waals surface area contributed by atoms with Crippen molar-refractivity contribution in [3.05, 3.63) is 35.9 Å². The Kier molecular flexibility index (Phi) is 4.75. The first-order valence-corrected chi connectivity index (χ1v) is 7.66. The molecule has 2 nitrogen and oxygen atoms in total. The van der Waals surface area contributed by atoms with Gasteiger partial charge in [-0.3, -0.25) is 4.18 Å². The third-order valence-electron chi connectivity index (χ3n) is 3.40. The second kappa shape index (κ2) is 6.31. The lowest BCUT2D eigenvalue weighted by Gasteiger charge is -2.30. The highest BCUT2D eigenvalue weighted by Gasteiger charge is 2.28. The van der Waals surface area contributed by atoms with Crippen molar-refractivity contribution in [2.45, 2.75) is 44.6 Å². The van der Waals surface area contributed by atoms with Gasteiger partial charge in [0.25, 0.3) is 0 Å². The molecule has 0 aliphatic heterocycles. The fraction of sp³-hybridized carbons (Fsp3) is 0.571. The van der Waals surface area contributed by atoms with Gasteiger partial charge in [0.15, 0.2) is 11.1 Å². The Bertz CT molecular complexity index is 364. The summed E-state index contributed by atoms with van der Waals surface area (Å²) >= 11 is -1.12. The molecule has 0 saturated heterocycles. The van der Waals surface area contributed by atoms with Gasteiger partial charge in [0.2, 0.25) is 0 Å². The minimum atomic E-state index is -1.12. The van der Waals surface area contributed by atoms with Crippen molar-refractivity contribution in [2.75, 3.05) is 5.75 Å². The number of rotatable bonds is 4. The standard InChI is InChI=1S/C14H20O2S/c1-2-17(15)16-14-11-7-6-10-13(14)12-8-4-3-5-9-12/h3-5,8-9,13-14H,2,6-7,10-11H2,1H3/t13-,14+,17+/m1/s1. The van der Waals surface area contributed by atoms with Crippen molar-refractivity contribution in [1.29, 1.82) is 0 Å². The third kappa shape index (κ3) is 3.39. The van der Waals surface area contributed by atoms with E-state index in [0.717, 1.165) is 12.8 Å². The zero-order valence-electron chi connectivity index (χ0n) is 10.3. The molecule has 0 spiro atoms. The Hall–Kier alpha value is -0.670. The van der Waals surface area contributed by atoms with E-state index in [0.29, 0.717) is 11.7 Å². The van der Waals surface area contributed by atoms with Crippen molar-refractivity contribution >= 4 is 11.1 Å². The van der Waals surface area contributed by atoms with Crippen LogP contribution in [0.3, 0.4) is 0 Å². The van der Waals surface area contributed by atoms with E-state index < -0.39 is 11.1 Å². The molecule has 1 aromatic carbocycles.